The summed E-state index contributed by atoms with van der Waals surface area (Å²) < 4.78 is 23.3. The van der Waals surface area contributed by atoms with Crippen molar-refractivity contribution in [2.75, 3.05) is 37.7 Å². The normalized spacial score (nSPS) is 38.3. The lowest BCUT2D eigenvalue weighted by atomic mass is 9.37. The molecule has 0 unspecified atom stereocenters. The third kappa shape index (κ3) is 6.90. The number of esters is 2. The molecule has 8 aliphatic rings. The fourth-order valence-electron chi connectivity index (χ4n) is 15.2. The maximum Gasteiger partial charge on any atom is 0.323 e. The second-order valence-corrected chi connectivity index (χ2v) is 23.7. The molecule has 1 aliphatic heterocycles. The van der Waals surface area contributed by atoms with Crippen molar-refractivity contribution < 1.29 is 30.2 Å². The van der Waals surface area contributed by atoms with Crippen molar-refractivity contribution in [3.05, 3.63) is 47.1 Å². The Morgan fingerprint density at radius 3 is 2.17 bits per heavy atom. The molecule has 0 aromatic rings. The van der Waals surface area contributed by atoms with E-state index in [-0.39, 0.29) is 46.3 Å². The number of fused-ring (bicyclic) bond motifs is 7. The predicted octanol–water partition coefficient (Wildman–Crippen LogP) is 8.54. The number of carbonyl (C=O) groups excluding carboxylic acids is 2. The molecule has 0 radical (unpaired) electrons. The van der Waals surface area contributed by atoms with Crippen LogP contribution in [0.25, 0.3) is 0 Å². The van der Waals surface area contributed by atoms with Crippen molar-refractivity contribution in [2.45, 2.75) is 151 Å². The van der Waals surface area contributed by atoms with Gasteiger partial charge in [0, 0.05) is 55.4 Å². The number of ether oxygens (including phenoxy) is 2. The van der Waals surface area contributed by atoms with Gasteiger partial charge >= 0.3 is 11.9 Å². The maximum absolute atomic E-state index is 13.4. The molecular formula is C49H78N2O6S. The molecule has 0 aromatic heterocycles. The van der Waals surface area contributed by atoms with Crippen molar-refractivity contribution >= 4 is 22.7 Å². The van der Waals surface area contributed by atoms with Gasteiger partial charge < -0.3 is 25.2 Å². The molecule has 0 amide bonds. The molecular weight excluding hydrogens is 745 g/mol. The Bertz CT molecular complexity index is 1760. The average Bonchev–Trinajstić information content (AvgIpc) is 3.48. The van der Waals surface area contributed by atoms with E-state index >= 15 is 0 Å². The number of hydrogen-bond acceptors (Lipinski definition) is 7. The average molecular weight is 823 g/mol. The SMILES string of the molecule is C=C(C)[C@@H]1CC[C@]2(NCCN3CCS(=O)CC3)CC=C3[C@H](CC[C@@H]4[C@@]5(C)CC=C(C6=CC7(C6)CC(C(=O)OC(C)C)(C(=O)OC(C)C)C7)C(C)(C)[C@@H]5CC[C@@]34C)[C@@H]12.O.[HH]. The minimum absolute atomic E-state index is 0. The van der Waals surface area contributed by atoms with E-state index in [0.29, 0.717) is 42.4 Å². The zero-order valence-electron chi connectivity index (χ0n) is 37.4. The molecule has 5 fully saturated rings. The summed E-state index contributed by atoms with van der Waals surface area (Å²) in [5.74, 6) is 3.88. The van der Waals surface area contributed by atoms with Crippen LogP contribution in [0.5, 0.6) is 0 Å². The first-order valence-electron chi connectivity index (χ1n) is 22.8. The molecule has 1 spiro atoms. The minimum atomic E-state index is -1.19. The Balaban J connectivity index is 0.00000293. The summed E-state index contributed by atoms with van der Waals surface area (Å²) in [7, 11) is -0.631. The van der Waals surface area contributed by atoms with Crippen LogP contribution >= 0.6 is 0 Å². The number of rotatable bonds is 10. The Hall–Kier alpha value is -2.07. The van der Waals surface area contributed by atoms with Crippen LogP contribution < -0.4 is 5.32 Å². The monoisotopic (exact) mass is 823 g/mol. The third-order valence-electron chi connectivity index (χ3n) is 17.5. The van der Waals surface area contributed by atoms with Crippen molar-refractivity contribution in [3.8, 4) is 0 Å². The molecule has 4 saturated carbocycles. The Kier molecular flexibility index (Phi) is 11.7. The summed E-state index contributed by atoms with van der Waals surface area (Å²) in [5.41, 5.74) is 5.46. The molecule has 8 atom stereocenters. The summed E-state index contributed by atoms with van der Waals surface area (Å²) in [6.45, 7) is 28.6. The topological polar surface area (TPSA) is 116 Å². The standard InChI is InChI=1S/C49H74N2O5S.H2O.H2/c1-31(2)35-13-19-49(50-21-22-51-23-25-57(54)26-24-51)20-15-38-36(41(35)49)11-12-40-45(38,9)18-16-39-44(7,8)37(14-17-46(39,40)10)34-27-47(28-34)29-48(30-47,42(52)55-32(3)4)43(53)56-33(5)6;;/h14-15,27,32-33,35-36,39-41,50H,1,11-13,16-26,28-30H2,2-10H3;1H2;1H/t35-,36-,39-,40-,41+,45-,46-,49-;;/m0../s1. The summed E-state index contributed by atoms with van der Waals surface area (Å²) in [6, 6.07) is 0. The first kappa shape index (κ1) is 44.0. The summed E-state index contributed by atoms with van der Waals surface area (Å²) >= 11 is 0. The van der Waals surface area contributed by atoms with Crippen molar-refractivity contribution in [3.63, 3.8) is 0 Å². The highest BCUT2D eigenvalue weighted by Crippen LogP contribution is 2.73. The lowest BCUT2D eigenvalue weighted by Gasteiger charge is -2.67. The zero-order chi connectivity index (χ0) is 40.9. The number of allylic oxidation sites excluding steroid dienone is 6. The summed E-state index contributed by atoms with van der Waals surface area (Å²) in [5, 5.41) is 4.23. The molecule has 0 bridgehead atoms. The largest absolute Gasteiger partial charge is 0.462 e. The van der Waals surface area contributed by atoms with Gasteiger partial charge in [-0.05, 0) is 168 Å². The summed E-state index contributed by atoms with van der Waals surface area (Å²) in [4.78, 5) is 29.2. The van der Waals surface area contributed by atoms with Crippen molar-refractivity contribution in [1.82, 2.24) is 10.2 Å². The number of nitrogens with zero attached hydrogens (tertiary/aromatic N) is 1. The first-order valence-corrected chi connectivity index (χ1v) is 24.3. The minimum Gasteiger partial charge on any atom is -0.462 e. The van der Waals surface area contributed by atoms with Gasteiger partial charge in [-0.25, -0.2) is 0 Å². The van der Waals surface area contributed by atoms with Gasteiger partial charge in [-0.2, -0.15) is 0 Å². The molecule has 58 heavy (non-hydrogen) atoms. The van der Waals surface area contributed by atoms with Crippen LogP contribution in [0.1, 0.15) is 134 Å². The molecule has 8 nitrogen and oxygen atoms in total. The summed E-state index contributed by atoms with van der Waals surface area (Å²) in [6.07, 6.45) is 19.0. The molecule has 8 rings (SSSR count). The van der Waals surface area contributed by atoms with Gasteiger partial charge in [0.2, 0.25) is 0 Å². The number of nitrogens with one attached hydrogen (secondary N) is 1. The zero-order valence-corrected chi connectivity index (χ0v) is 38.2. The predicted molar refractivity (Wildman–Crippen MR) is 235 cm³/mol. The second kappa shape index (κ2) is 15.4. The van der Waals surface area contributed by atoms with E-state index in [0.717, 1.165) is 56.9 Å². The fraction of sp³-hybridized carbons (Fsp3) is 0.796. The third-order valence-corrected chi connectivity index (χ3v) is 18.8. The van der Waals surface area contributed by atoms with Crippen LogP contribution in [0.15, 0.2) is 47.1 Å². The van der Waals surface area contributed by atoms with Crippen LogP contribution in [0, 0.1) is 56.7 Å². The van der Waals surface area contributed by atoms with Gasteiger partial charge in [-0.15, -0.1) is 0 Å². The first-order chi connectivity index (χ1) is 26.8. The van der Waals surface area contributed by atoms with Gasteiger partial charge in [0.1, 0.15) is 0 Å². The highest BCUT2D eigenvalue weighted by atomic mass is 32.2. The van der Waals surface area contributed by atoms with Gasteiger partial charge in [0.05, 0.1) is 12.2 Å². The van der Waals surface area contributed by atoms with E-state index < -0.39 is 28.2 Å². The number of carbonyl (C=O) groups is 2. The lowest BCUT2D eigenvalue weighted by Crippen LogP contribution is -2.61. The van der Waals surface area contributed by atoms with E-state index in [2.05, 4.69) is 69.6 Å². The van der Waals surface area contributed by atoms with Crippen LogP contribution in [-0.4, -0.2) is 82.0 Å². The quantitative estimate of drug-likeness (QED) is 0.133. The van der Waals surface area contributed by atoms with Gasteiger partial charge in [0.25, 0.3) is 0 Å². The van der Waals surface area contributed by atoms with E-state index in [4.69, 9.17) is 9.47 Å². The molecule has 7 aliphatic carbocycles. The second-order valence-electron chi connectivity index (χ2n) is 22.0. The Labute approximate surface area is 354 Å². The van der Waals surface area contributed by atoms with Crippen LogP contribution in [0.4, 0.5) is 0 Å². The van der Waals surface area contributed by atoms with Crippen LogP contribution in [0.2, 0.25) is 0 Å². The number of hydrogen-bond donors (Lipinski definition) is 1. The maximum atomic E-state index is 13.4. The molecule has 3 N–H and O–H groups in total. The van der Waals surface area contributed by atoms with E-state index in [1.165, 1.54) is 55.2 Å². The Morgan fingerprint density at radius 2 is 1.57 bits per heavy atom. The van der Waals surface area contributed by atoms with Crippen LogP contribution in [-0.2, 0) is 29.9 Å². The fourth-order valence-corrected chi connectivity index (χ4v) is 16.3. The molecule has 1 saturated heterocycles. The van der Waals surface area contributed by atoms with Gasteiger partial charge in [0.15, 0.2) is 5.41 Å². The smallest absolute Gasteiger partial charge is 0.323 e. The molecule has 9 heteroatoms. The van der Waals surface area contributed by atoms with Crippen molar-refractivity contribution in [1.29, 1.82) is 0 Å². The Morgan fingerprint density at radius 1 is 0.931 bits per heavy atom. The van der Waals surface area contributed by atoms with Gasteiger partial charge in [-0.3, -0.25) is 13.8 Å². The molecule has 1 heterocycles. The molecule has 326 valence electrons. The van der Waals surface area contributed by atoms with E-state index in [9.17, 15) is 13.8 Å². The van der Waals surface area contributed by atoms with Gasteiger partial charge in [-0.1, -0.05) is 63.6 Å². The highest BCUT2D eigenvalue weighted by Gasteiger charge is 2.69. The highest BCUT2D eigenvalue weighted by molar-refractivity contribution is 7.85. The van der Waals surface area contributed by atoms with E-state index in [1.807, 2.05) is 27.7 Å². The van der Waals surface area contributed by atoms with Crippen molar-refractivity contribution in [2.24, 2.45) is 56.7 Å². The molecule has 0 aromatic carbocycles. The van der Waals surface area contributed by atoms with Crippen LogP contribution in [0.3, 0.4) is 0 Å². The lowest BCUT2D eigenvalue weighted by molar-refractivity contribution is -0.194. The van der Waals surface area contributed by atoms with E-state index in [1.54, 1.807) is 5.57 Å².